The number of hydrogen-bond donors (Lipinski definition) is 2. The number of benzene rings is 1. The first-order chi connectivity index (χ1) is 7.66. The Morgan fingerprint density at radius 2 is 2.19 bits per heavy atom. The Morgan fingerprint density at radius 1 is 1.38 bits per heavy atom. The maximum Gasteiger partial charge on any atom is 0.151 e. The Balaban J connectivity index is 2.13. The fourth-order valence-corrected chi connectivity index (χ4v) is 1.78. The molecule has 1 aromatic rings. The minimum atomic E-state index is -0.737. The van der Waals surface area contributed by atoms with Gasteiger partial charge in [-0.3, -0.25) is 0 Å². The van der Waals surface area contributed by atoms with Crippen molar-refractivity contribution in [2.24, 2.45) is 0 Å². The van der Waals surface area contributed by atoms with Crippen molar-refractivity contribution in [1.29, 1.82) is 0 Å². The molecule has 0 bridgehead atoms. The van der Waals surface area contributed by atoms with Gasteiger partial charge >= 0.3 is 0 Å². The highest BCUT2D eigenvalue weighted by atomic mass is 19.1. The van der Waals surface area contributed by atoms with Crippen LogP contribution in [0.4, 0.5) is 20.2 Å². The summed E-state index contributed by atoms with van der Waals surface area (Å²) in [6, 6.07) is 2.04. The van der Waals surface area contributed by atoms with E-state index in [1.807, 2.05) is 0 Å². The van der Waals surface area contributed by atoms with Gasteiger partial charge in [-0.15, -0.1) is 0 Å². The van der Waals surface area contributed by atoms with Crippen LogP contribution >= 0.6 is 0 Å². The fraction of sp³-hybridized carbons (Fsp3) is 0.455. The second-order valence-electron chi connectivity index (χ2n) is 3.91. The van der Waals surface area contributed by atoms with Crippen molar-refractivity contribution in [1.82, 2.24) is 0 Å². The molecule has 1 saturated heterocycles. The first-order valence-corrected chi connectivity index (χ1v) is 5.25. The third-order valence-corrected chi connectivity index (χ3v) is 2.61. The fourth-order valence-electron chi connectivity index (χ4n) is 1.78. The largest absolute Gasteiger partial charge is 0.395 e. The Morgan fingerprint density at radius 3 is 2.88 bits per heavy atom. The number of nitrogens with two attached hydrogens (primary N) is 1. The molecule has 0 aromatic heterocycles. The molecule has 2 rings (SSSR count). The van der Waals surface area contributed by atoms with Gasteiger partial charge < -0.3 is 15.8 Å². The van der Waals surface area contributed by atoms with E-state index in [1.165, 1.54) is 6.07 Å². The average Bonchev–Trinajstić information content (AvgIpc) is 2.27. The van der Waals surface area contributed by atoms with E-state index in [2.05, 4.69) is 5.32 Å². The number of anilines is 2. The molecule has 3 N–H and O–H groups in total. The molecule has 0 radical (unpaired) electrons. The van der Waals surface area contributed by atoms with Gasteiger partial charge in [0.15, 0.2) is 5.82 Å². The smallest absolute Gasteiger partial charge is 0.151 e. The van der Waals surface area contributed by atoms with Crippen LogP contribution in [0.3, 0.4) is 0 Å². The molecule has 1 aliphatic rings. The number of rotatable bonds is 2. The molecule has 0 amide bonds. The molecule has 1 unspecified atom stereocenters. The van der Waals surface area contributed by atoms with Crippen LogP contribution in [0, 0.1) is 11.6 Å². The highest BCUT2D eigenvalue weighted by Gasteiger charge is 2.16. The molecule has 1 atom stereocenters. The van der Waals surface area contributed by atoms with E-state index in [0.717, 1.165) is 25.5 Å². The first-order valence-electron chi connectivity index (χ1n) is 5.25. The van der Waals surface area contributed by atoms with Gasteiger partial charge in [-0.2, -0.15) is 0 Å². The molecule has 3 nitrogen and oxygen atoms in total. The van der Waals surface area contributed by atoms with Crippen LogP contribution in [0.15, 0.2) is 12.1 Å². The number of nitrogens with one attached hydrogen (secondary N) is 1. The average molecular weight is 228 g/mol. The standard InChI is InChI=1S/C11H14F2N2O/c12-7-4-9(13)11(14)10(5-7)15-8-2-1-3-16-6-8/h4-5,8,15H,1-3,6,14H2. The van der Waals surface area contributed by atoms with Crippen LogP contribution in [0.25, 0.3) is 0 Å². The van der Waals surface area contributed by atoms with Crippen LogP contribution in [0.1, 0.15) is 12.8 Å². The lowest BCUT2D eigenvalue weighted by atomic mass is 10.1. The molecule has 0 spiro atoms. The lowest BCUT2D eigenvalue weighted by Crippen LogP contribution is -2.30. The zero-order valence-corrected chi connectivity index (χ0v) is 8.80. The summed E-state index contributed by atoms with van der Waals surface area (Å²) in [5, 5.41) is 3.00. The van der Waals surface area contributed by atoms with E-state index in [-0.39, 0.29) is 11.7 Å². The Bertz CT molecular complexity index is 378. The van der Waals surface area contributed by atoms with Gasteiger partial charge in [0.25, 0.3) is 0 Å². The third-order valence-electron chi connectivity index (χ3n) is 2.61. The van der Waals surface area contributed by atoms with Gasteiger partial charge in [-0.05, 0) is 18.9 Å². The summed E-state index contributed by atoms with van der Waals surface area (Å²) < 4.78 is 31.4. The molecular weight excluding hydrogens is 214 g/mol. The van der Waals surface area contributed by atoms with Gasteiger partial charge in [0.1, 0.15) is 5.82 Å². The van der Waals surface area contributed by atoms with E-state index in [4.69, 9.17) is 10.5 Å². The van der Waals surface area contributed by atoms with Crippen LogP contribution in [0.2, 0.25) is 0 Å². The van der Waals surface area contributed by atoms with E-state index in [1.54, 1.807) is 0 Å². The second kappa shape index (κ2) is 4.65. The molecule has 1 heterocycles. The van der Waals surface area contributed by atoms with Crippen LogP contribution < -0.4 is 11.1 Å². The molecular formula is C11H14F2N2O. The number of ether oxygens (including phenoxy) is 1. The maximum atomic E-state index is 13.2. The molecule has 16 heavy (non-hydrogen) atoms. The highest BCUT2D eigenvalue weighted by Crippen LogP contribution is 2.25. The molecule has 88 valence electrons. The van der Waals surface area contributed by atoms with Gasteiger partial charge in [-0.1, -0.05) is 0 Å². The number of halogens is 2. The molecule has 1 fully saturated rings. The summed E-state index contributed by atoms with van der Waals surface area (Å²) in [5.74, 6) is -1.37. The van der Waals surface area contributed by atoms with Crippen molar-refractivity contribution >= 4 is 11.4 Å². The molecule has 1 aromatic carbocycles. The summed E-state index contributed by atoms with van der Waals surface area (Å²) >= 11 is 0. The minimum Gasteiger partial charge on any atom is -0.395 e. The van der Waals surface area contributed by atoms with Gasteiger partial charge in [0, 0.05) is 18.7 Å². The molecule has 0 saturated carbocycles. The molecule has 0 aliphatic carbocycles. The van der Waals surface area contributed by atoms with Crippen molar-refractivity contribution in [3.05, 3.63) is 23.8 Å². The zero-order chi connectivity index (χ0) is 11.5. The Labute approximate surface area is 92.6 Å². The SMILES string of the molecule is Nc1c(F)cc(F)cc1NC1CCCOC1. The number of nitrogen functional groups attached to an aromatic ring is 1. The zero-order valence-electron chi connectivity index (χ0n) is 8.80. The summed E-state index contributed by atoms with van der Waals surface area (Å²) in [4.78, 5) is 0. The van der Waals surface area contributed by atoms with Crippen LogP contribution in [0.5, 0.6) is 0 Å². The summed E-state index contributed by atoms with van der Waals surface area (Å²) in [5.41, 5.74) is 5.77. The minimum absolute atomic E-state index is 0.0491. The van der Waals surface area contributed by atoms with Crippen molar-refractivity contribution in [2.75, 3.05) is 24.3 Å². The Kier molecular flexibility index (Phi) is 3.24. The summed E-state index contributed by atoms with van der Waals surface area (Å²) in [6.45, 7) is 1.28. The summed E-state index contributed by atoms with van der Waals surface area (Å²) in [7, 11) is 0. The first kappa shape index (κ1) is 11.1. The molecule has 5 heteroatoms. The van der Waals surface area contributed by atoms with E-state index < -0.39 is 11.6 Å². The van der Waals surface area contributed by atoms with Gasteiger partial charge in [0.05, 0.1) is 18.0 Å². The lowest BCUT2D eigenvalue weighted by Gasteiger charge is -2.24. The van der Waals surface area contributed by atoms with E-state index in [0.29, 0.717) is 12.3 Å². The van der Waals surface area contributed by atoms with E-state index in [9.17, 15) is 8.78 Å². The number of hydrogen-bond acceptors (Lipinski definition) is 3. The predicted molar refractivity (Wildman–Crippen MR) is 58.2 cm³/mol. The van der Waals surface area contributed by atoms with Crippen LogP contribution in [-0.4, -0.2) is 19.3 Å². The van der Waals surface area contributed by atoms with Gasteiger partial charge in [-0.25, -0.2) is 8.78 Å². The highest BCUT2D eigenvalue weighted by molar-refractivity contribution is 5.67. The third kappa shape index (κ3) is 2.41. The monoisotopic (exact) mass is 228 g/mol. The normalized spacial score (nSPS) is 20.8. The van der Waals surface area contributed by atoms with Crippen molar-refractivity contribution in [3.63, 3.8) is 0 Å². The van der Waals surface area contributed by atoms with Gasteiger partial charge in [0.2, 0.25) is 0 Å². The molecule has 1 aliphatic heterocycles. The van der Waals surface area contributed by atoms with Crippen molar-refractivity contribution < 1.29 is 13.5 Å². The van der Waals surface area contributed by atoms with Crippen molar-refractivity contribution in [2.45, 2.75) is 18.9 Å². The predicted octanol–water partition coefficient (Wildman–Crippen LogP) is 2.14. The second-order valence-corrected chi connectivity index (χ2v) is 3.91. The topological polar surface area (TPSA) is 47.3 Å². The summed E-state index contributed by atoms with van der Waals surface area (Å²) in [6.07, 6.45) is 1.85. The van der Waals surface area contributed by atoms with Crippen LogP contribution in [-0.2, 0) is 4.74 Å². The quantitative estimate of drug-likeness (QED) is 0.762. The lowest BCUT2D eigenvalue weighted by molar-refractivity contribution is 0.0876. The van der Waals surface area contributed by atoms with E-state index >= 15 is 0 Å². The van der Waals surface area contributed by atoms with Crippen molar-refractivity contribution in [3.8, 4) is 0 Å². The maximum absolute atomic E-state index is 13.2. The Hall–Kier alpha value is -1.36.